The van der Waals surface area contributed by atoms with Gasteiger partial charge in [-0.1, -0.05) is 27.7 Å². The fraction of sp³-hybridized carbons (Fsp3) is 0.935. The Bertz CT molecular complexity index is 1170. The minimum absolute atomic E-state index is 0.00863. The van der Waals surface area contributed by atoms with Gasteiger partial charge in [0.25, 0.3) is 0 Å². The Morgan fingerprint density at radius 1 is 1.00 bits per heavy atom. The van der Waals surface area contributed by atoms with Crippen molar-refractivity contribution in [2.75, 3.05) is 0 Å². The van der Waals surface area contributed by atoms with E-state index < -0.39 is 34.3 Å². The predicted molar refractivity (Wildman–Crippen MR) is 137 cm³/mol. The molecule has 8 fully saturated rings. The van der Waals surface area contributed by atoms with E-state index in [9.17, 15) is 19.8 Å². The van der Waals surface area contributed by atoms with Crippen molar-refractivity contribution in [1.29, 1.82) is 0 Å². The van der Waals surface area contributed by atoms with Gasteiger partial charge in [-0.2, -0.15) is 0 Å². The van der Waals surface area contributed by atoms with Gasteiger partial charge in [0, 0.05) is 12.3 Å². The van der Waals surface area contributed by atoms with Crippen LogP contribution in [0.25, 0.3) is 0 Å². The van der Waals surface area contributed by atoms with Crippen LogP contribution in [0, 0.1) is 63.6 Å². The van der Waals surface area contributed by atoms with Crippen LogP contribution in [-0.2, 0) is 28.5 Å². The molecule has 0 aromatic rings. The van der Waals surface area contributed by atoms with Crippen molar-refractivity contribution >= 4 is 11.9 Å². The first-order valence-corrected chi connectivity index (χ1v) is 15.3. The fourth-order valence-electron chi connectivity index (χ4n) is 12.9. The molecular formula is C31H44O8. The van der Waals surface area contributed by atoms with Crippen LogP contribution in [0.2, 0.25) is 0 Å². The third-order valence-corrected chi connectivity index (χ3v) is 14.6. The van der Waals surface area contributed by atoms with E-state index in [-0.39, 0.29) is 65.0 Å². The smallest absolute Gasteiger partial charge is 0.341 e. The van der Waals surface area contributed by atoms with Gasteiger partial charge in [0.15, 0.2) is 5.60 Å². The van der Waals surface area contributed by atoms with Gasteiger partial charge < -0.3 is 29.2 Å². The van der Waals surface area contributed by atoms with Crippen LogP contribution in [0.3, 0.4) is 0 Å². The molecule has 0 aromatic heterocycles. The van der Waals surface area contributed by atoms with Crippen LogP contribution in [0.1, 0.15) is 74.1 Å². The zero-order chi connectivity index (χ0) is 27.8. The lowest BCUT2D eigenvalue weighted by molar-refractivity contribution is -0.218. The number of carbonyl (C=O) groups is 2. The van der Waals surface area contributed by atoms with E-state index in [0.29, 0.717) is 18.1 Å². The molecule has 8 heteroatoms. The highest BCUT2D eigenvalue weighted by Gasteiger charge is 2.91. The Kier molecular flexibility index (Phi) is 4.60. The van der Waals surface area contributed by atoms with Crippen LogP contribution < -0.4 is 0 Å². The van der Waals surface area contributed by atoms with Crippen molar-refractivity contribution in [2.24, 2.45) is 63.6 Å². The molecule has 39 heavy (non-hydrogen) atoms. The van der Waals surface area contributed by atoms with E-state index in [1.165, 1.54) is 6.92 Å². The molecule has 0 aromatic carbocycles. The second kappa shape index (κ2) is 7.04. The second-order valence-corrected chi connectivity index (χ2v) is 15.7. The third kappa shape index (κ3) is 2.56. The molecule has 8 rings (SSSR count). The average molecular weight is 545 g/mol. The second-order valence-electron chi connectivity index (χ2n) is 15.7. The molecule has 8 aliphatic rings. The van der Waals surface area contributed by atoms with E-state index in [0.717, 1.165) is 25.7 Å². The van der Waals surface area contributed by atoms with Crippen LogP contribution in [-0.4, -0.2) is 64.1 Å². The third-order valence-electron chi connectivity index (χ3n) is 14.6. The maximum absolute atomic E-state index is 13.1. The summed E-state index contributed by atoms with van der Waals surface area (Å²) in [6.07, 6.45) is 3.08. The van der Waals surface area contributed by atoms with Crippen LogP contribution in [0.5, 0.6) is 0 Å². The first-order chi connectivity index (χ1) is 18.1. The molecule has 2 unspecified atom stereocenters. The van der Waals surface area contributed by atoms with E-state index in [1.807, 2.05) is 6.92 Å². The average Bonchev–Trinajstić information content (AvgIpc) is 3.73. The standard InChI is InChI=1S/C31H44O8/c1-12-22-21-16(27(4)11-19-18(37-19)9-15(27)8-17(21)33)10-20(36-14(3)32)28(22,5)23-13(2)25-31(38-25)29(6,24(12)23)30(7,35)26(34)39-31/h12-13,15-25,33,35H,8-11H2,1-7H3/t12-,13+,15+,16?,17+,18+,19-,20+,21?,22+,23+,24-,25-,27+,28+,29+,30-,31+/m1/s1. The van der Waals surface area contributed by atoms with Crippen LogP contribution in [0.4, 0.5) is 0 Å². The molecule has 2 N–H and O–H groups in total. The van der Waals surface area contributed by atoms with E-state index in [1.54, 1.807) is 6.92 Å². The molecule has 3 heterocycles. The van der Waals surface area contributed by atoms with Crippen molar-refractivity contribution in [2.45, 2.75) is 116 Å². The lowest BCUT2D eigenvalue weighted by Crippen LogP contribution is -2.64. The number of epoxide rings is 2. The minimum Gasteiger partial charge on any atom is -0.462 e. The molecule has 1 spiro atoms. The van der Waals surface area contributed by atoms with Gasteiger partial charge in [-0.3, -0.25) is 4.79 Å². The van der Waals surface area contributed by atoms with Crippen LogP contribution in [0.15, 0.2) is 0 Å². The largest absolute Gasteiger partial charge is 0.462 e. The molecule has 0 radical (unpaired) electrons. The monoisotopic (exact) mass is 544 g/mol. The molecule has 8 nitrogen and oxygen atoms in total. The van der Waals surface area contributed by atoms with Gasteiger partial charge in [-0.05, 0) is 92.3 Å². The molecule has 3 aliphatic heterocycles. The fourth-order valence-corrected chi connectivity index (χ4v) is 12.9. The number of aliphatic hydroxyl groups is 2. The maximum Gasteiger partial charge on any atom is 0.341 e. The molecule has 5 saturated carbocycles. The Balaban J connectivity index is 1.30. The van der Waals surface area contributed by atoms with Gasteiger partial charge >= 0.3 is 11.9 Å². The normalized spacial score (nSPS) is 67.1. The summed E-state index contributed by atoms with van der Waals surface area (Å²) in [5, 5.41) is 23.8. The summed E-state index contributed by atoms with van der Waals surface area (Å²) in [6.45, 7) is 14.2. The molecule has 0 bridgehead atoms. The van der Waals surface area contributed by atoms with E-state index >= 15 is 0 Å². The zero-order valence-corrected chi connectivity index (χ0v) is 24.2. The minimum atomic E-state index is -1.71. The summed E-state index contributed by atoms with van der Waals surface area (Å²) in [6, 6.07) is 0. The Morgan fingerprint density at radius 2 is 1.72 bits per heavy atom. The summed E-state index contributed by atoms with van der Waals surface area (Å²) in [5.41, 5.74) is -3.10. The number of fused-ring (bicyclic) bond motifs is 9. The summed E-state index contributed by atoms with van der Waals surface area (Å²) >= 11 is 0. The van der Waals surface area contributed by atoms with Gasteiger partial charge in [-0.25, -0.2) is 4.79 Å². The maximum atomic E-state index is 13.1. The molecule has 216 valence electrons. The summed E-state index contributed by atoms with van der Waals surface area (Å²) in [7, 11) is 0. The number of rotatable bonds is 1. The first-order valence-electron chi connectivity index (χ1n) is 15.3. The van der Waals surface area contributed by atoms with E-state index in [4.69, 9.17) is 18.9 Å². The highest BCUT2D eigenvalue weighted by Crippen LogP contribution is 2.81. The number of hydrogen-bond acceptors (Lipinski definition) is 8. The predicted octanol–water partition coefficient (Wildman–Crippen LogP) is 3.07. The van der Waals surface area contributed by atoms with Gasteiger partial charge in [0.2, 0.25) is 5.79 Å². The SMILES string of the molecule is CC(=O)O[C@H]1CC2C([C@@H]3[C@@H](C)[C@@H]4[C@H]([C@H](C)[C@H]5O[C@]56OC(=O)[C@@](C)(O)[C@]46C)[C@@]13C)[C@@H](O)C[C@H]1C[C@@H]3O[C@@H]3C[C@]21C. The number of carbonyl (C=O) groups excluding carboxylic acids is 2. The van der Waals surface area contributed by atoms with Crippen molar-refractivity contribution in [3.8, 4) is 0 Å². The lowest BCUT2D eigenvalue weighted by atomic mass is 9.42. The topological polar surface area (TPSA) is 118 Å². The van der Waals surface area contributed by atoms with Gasteiger partial charge in [0.1, 0.15) is 12.2 Å². The Labute approximate surface area is 230 Å². The summed E-state index contributed by atoms with van der Waals surface area (Å²) in [4.78, 5) is 25.8. The molecule has 0 amide bonds. The molecule has 3 saturated heterocycles. The first kappa shape index (κ1) is 25.5. The summed E-state index contributed by atoms with van der Waals surface area (Å²) < 4.78 is 24.5. The van der Waals surface area contributed by atoms with E-state index in [2.05, 4.69) is 27.7 Å². The van der Waals surface area contributed by atoms with Crippen LogP contribution >= 0.6 is 0 Å². The number of esters is 2. The number of aliphatic hydroxyl groups excluding tert-OH is 1. The van der Waals surface area contributed by atoms with Gasteiger partial charge in [0.05, 0.1) is 23.7 Å². The number of hydrogen-bond donors (Lipinski definition) is 2. The molecule has 18 atom stereocenters. The highest BCUT2D eigenvalue weighted by molar-refractivity contribution is 5.84. The number of ether oxygens (including phenoxy) is 4. The van der Waals surface area contributed by atoms with Crippen molar-refractivity contribution in [3.63, 3.8) is 0 Å². The Hall–Kier alpha value is -1.22. The highest BCUT2D eigenvalue weighted by atomic mass is 16.8. The molecular weight excluding hydrogens is 500 g/mol. The quantitative estimate of drug-likeness (QED) is 0.382. The lowest BCUT2D eigenvalue weighted by Gasteiger charge is -2.63. The van der Waals surface area contributed by atoms with Gasteiger partial charge in [-0.15, -0.1) is 0 Å². The van der Waals surface area contributed by atoms with Crippen molar-refractivity contribution in [1.82, 2.24) is 0 Å². The zero-order valence-electron chi connectivity index (χ0n) is 24.2. The van der Waals surface area contributed by atoms with Crippen molar-refractivity contribution < 1.29 is 38.7 Å². The Morgan fingerprint density at radius 3 is 2.41 bits per heavy atom. The summed E-state index contributed by atoms with van der Waals surface area (Å²) in [5.74, 6) is -1.32. The molecule has 5 aliphatic carbocycles. The van der Waals surface area contributed by atoms with Crippen molar-refractivity contribution in [3.05, 3.63) is 0 Å².